The molecule has 0 aliphatic heterocycles. The van der Waals surface area contributed by atoms with Crippen molar-refractivity contribution in [3.63, 3.8) is 0 Å². The van der Waals surface area contributed by atoms with Gasteiger partial charge in [0.2, 0.25) is 29.5 Å². The number of carboxylic acids is 1. The first-order valence-corrected chi connectivity index (χ1v) is 15.1. The van der Waals surface area contributed by atoms with E-state index in [2.05, 4.69) is 26.6 Å². The van der Waals surface area contributed by atoms with Crippen LogP contribution < -0.4 is 32.3 Å². The van der Waals surface area contributed by atoms with Gasteiger partial charge >= 0.3 is 5.97 Å². The molecule has 0 saturated heterocycles. The number of carbonyl (C=O) groups excluding carboxylic acids is 5. The highest BCUT2D eigenvalue weighted by Crippen LogP contribution is 2.12. The fourth-order valence-corrected chi connectivity index (χ4v) is 4.68. The molecule has 0 aromatic heterocycles. The molecule has 0 saturated carbocycles. The summed E-state index contributed by atoms with van der Waals surface area (Å²) in [5, 5.41) is 22.6. The van der Waals surface area contributed by atoms with Crippen molar-refractivity contribution in [2.75, 3.05) is 7.05 Å². The summed E-state index contributed by atoms with van der Waals surface area (Å²) >= 11 is 0. The highest BCUT2D eigenvalue weighted by molar-refractivity contribution is 5.97. The lowest BCUT2D eigenvalue weighted by atomic mass is 9.98. The summed E-state index contributed by atoms with van der Waals surface area (Å²) in [5.41, 5.74) is 5.29. The van der Waals surface area contributed by atoms with Gasteiger partial charge in [-0.2, -0.15) is 0 Å². The summed E-state index contributed by atoms with van der Waals surface area (Å²) in [5.74, 6) is -4.71. The highest BCUT2D eigenvalue weighted by atomic mass is 16.4. The number of nitrogens with one attached hydrogen (secondary N) is 5. The SMILES string of the molecule is CN[C@@H](CC(C)C)C(=O)NC(C)(C)C(=O)N[C@@H](Cc1ccccc1)C(=O)N[C@@H](Cc1ccccc1)C(=O)N[C@@H](CC(=O)O)C(N)=O. The van der Waals surface area contributed by atoms with Gasteiger partial charge in [-0.15, -0.1) is 0 Å². The molecule has 2 aromatic carbocycles. The maximum atomic E-state index is 13.8. The fourth-order valence-electron chi connectivity index (χ4n) is 4.68. The molecule has 13 heteroatoms. The first-order chi connectivity index (χ1) is 21.6. The zero-order chi connectivity index (χ0) is 34.4. The molecule has 2 rings (SSSR count). The first kappa shape index (κ1) is 37.4. The van der Waals surface area contributed by atoms with E-state index < -0.39 is 65.7 Å². The highest BCUT2D eigenvalue weighted by Gasteiger charge is 2.36. The third-order valence-corrected chi connectivity index (χ3v) is 7.23. The van der Waals surface area contributed by atoms with Crippen molar-refractivity contribution in [3.05, 3.63) is 71.8 Å². The molecule has 0 aliphatic rings. The van der Waals surface area contributed by atoms with Crippen LogP contribution in [0.5, 0.6) is 0 Å². The Hall–Kier alpha value is -4.78. The smallest absolute Gasteiger partial charge is 0.305 e. The molecule has 0 bridgehead atoms. The van der Waals surface area contributed by atoms with Crippen molar-refractivity contribution in [1.29, 1.82) is 0 Å². The number of aliphatic carboxylic acids is 1. The third-order valence-electron chi connectivity index (χ3n) is 7.23. The number of carbonyl (C=O) groups is 6. The van der Waals surface area contributed by atoms with Crippen molar-refractivity contribution in [2.45, 2.75) is 83.1 Å². The van der Waals surface area contributed by atoms with Crippen LogP contribution in [0.15, 0.2) is 60.7 Å². The van der Waals surface area contributed by atoms with E-state index in [1.165, 1.54) is 13.8 Å². The zero-order valence-electron chi connectivity index (χ0n) is 27.0. The Morgan fingerprint density at radius 3 is 1.59 bits per heavy atom. The van der Waals surface area contributed by atoms with Crippen LogP contribution in [0.4, 0.5) is 0 Å². The van der Waals surface area contributed by atoms with Crippen LogP contribution >= 0.6 is 0 Å². The van der Waals surface area contributed by atoms with E-state index in [-0.39, 0.29) is 24.7 Å². The van der Waals surface area contributed by atoms with Crippen LogP contribution in [0.3, 0.4) is 0 Å². The normalized spacial score (nSPS) is 13.9. The van der Waals surface area contributed by atoms with Crippen molar-refractivity contribution in [1.82, 2.24) is 26.6 Å². The Morgan fingerprint density at radius 2 is 1.17 bits per heavy atom. The Bertz CT molecular complexity index is 1350. The molecule has 0 spiro atoms. The Kier molecular flexibility index (Phi) is 14.3. The fraction of sp³-hybridized carbons (Fsp3) is 0.455. The Labute approximate surface area is 269 Å². The van der Waals surface area contributed by atoms with E-state index in [9.17, 15) is 28.8 Å². The number of carboxylic acid groups (broad SMARTS) is 1. The molecule has 250 valence electrons. The summed E-state index contributed by atoms with van der Waals surface area (Å²) in [6.07, 6.45) is -0.150. The van der Waals surface area contributed by atoms with Crippen LogP contribution in [0.1, 0.15) is 51.7 Å². The lowest BCUT2D eigenvalue weighted by Crippen LogP contribution is -2.62. The topological polar surface area (TPSA) is 209 Å². The molecule has 0 heterocycles. The molecule has 13 nitrogen and oxygen atoms in total. The third kappa shape index (κ3) is 12.3. The summed E-state index contributed by atoms with van der Waals surface area (Å²) in [6.45, 7) is 7.01. The minimum Gasteiger partial charge on any atom is -0.481 e. The van der Waals surface area contributed by atoms with Crippen LogP contribution in [0, 0.1) is 5.92 Å². The average Bonchev–Trinajstić information content (AvgIpc) is 2.99. The van der Waals surface area contributed by atoms with Gasteiger partial charge in [0.15, 0.2) is 0 Å². The van der Waals surface area contributed by atoms with Gasteiger partial charge in [0, 0.05) is 12.8 Å². The van der Waals surface area contributed by atoms with E-state index in [1.807, 2.05) is 13.8 Å². The first-order valence-electron chi connectivity index (χ1n) is 15.1. The molecule has 0 unspecified atom stereocenters. The molecule has 0 aliphatic carbocycles. The predicted octanol–water partition coefficient (Wildman–Crippen LogP) is 0.415. The van der Waals surface area contributed by atoms with Gasteiger partial charge in [-0.25, -0.2) is 0 Å². The molecule has 0 radical (unpaired) electrons. The molecule has 5 amide bonds. The minimum atomic E-state index is -1.51. The van der Waals surface area contributed by atoms with Gasteiger partial charge in [-0.3, -0.25) is 28.8 Å². The number of nitrogens with two attached hydrogens (primary N) is 1. The summed E-state index contributed by atoms with van der Waals surface area (Å²) in [7, 11) is 1.66. The van der Waals surface area contributed by atoms with E-state index in [1.54, 1.807) is 67.7 Å². The number of hydrogen-bond acceptors (Lipinski definition) is 7. The van der Waals surface area contributed by atoms with Crippen LogP contribution in [-0.2, 0) is 41.6 Å². The number of hydrogen-bond donors (Lipinski definition) is 7. The number of rotatable bonds is 18. The van der Waals surface area contributed by atoms with Gasteiger partial charge < -0.3 is 37.4 Å². The van der Waals surface area contributed by atoms with E-state index >= 15 is 0 Å². The standard InChI is InChI=1S/C33H46N6O7/c1-20(2)16-24(35-5)31(45)39-33(3,4)32(46)38-26(18-22-14-10-7-11-15-22)30(44)37-25(17-21-12-8-6-9-13-21)29(43)36-23(28(34)42)19-27(40)41/h6-15,20,23-26,35H,16-19H2,1-5H3,(H2,34,42)(H,36,43)(H,37,44)(H,38,46)(H,39,45)(H,40,41)/t23-,24-,25-,26-/m0/s1. The molecule has 2 aromatic rings. The van der Waals surface area contributed by atoms with E-state index in [4.69, 9.17) is 10.8 Å². The monoisotopic (exact) mass is 638 g/mol. The van der Waals surface area contributed by atoms with Crippen molar-refractivity contribution < 1.29 is 33.9 Å². The quantitative estimate of drug-likeness (QED) is 0.121. The second-order valence-electron chi connectivity index (χ2n) is 12.1. The maximum Gasteiger partial charge on any atom is 0.305 e. The molecule has 0 fully saturated rings. The summed E-state index contributed by atoms with van der Waals surface area (Å²) in [4.78, 5) is 76.9. The molecule has 4 atom stereocenters. The number of likely N-dealkylation sites (N-methyl/N-ethyl adjacent to an activating group) is 1. The summed E-state index contributed by atoms with van der Waals surface area (Å²) in [6, 6.07) is 13.2. The minimum absolute atomic E-state index is 0.00816. The van der Waals surface area contributed by atoms with Gasteiger partial charge in [0.1, 0.15) is 23.7 Å². The second kappa shape index (κ2) is 17.6. The Balaban J connectivity index is 2.35. The number of benzene rings is 2. The summed E-state index contributed by atoms with van der Waals surface area (Å²) < 4.78 is 0. The molecular weight excluding hydrogens is 592 g/mol. The average molecular weight is 639 g/mol. The van der Waals surface area contributed by atoms with Gasteiger partial charge in [0.25, 0.3) is 0 Å². The van der Waals surface area contributed by atoms with Gasteiger partial charge in [-0.05, 0) is 44.4 Å². The van der Waals surface area contributed by atoms with Crippen molar-refractivity contribution in [3.8, 4) is 0 Å². The van der Waals surface area contributed by atoms with Crippen LogP contribution in [0.2, 0.25) is 0 Å². The van der Waals surface area contributed by atoms with Crippen LogP contribution in [0.25, 0.3) is 0 Å². The van der Waals surface area contributed by atoms with Crippen LogP contribution in [-0.4, -0.2) is 77.4 Å². The van der Waals surface area contributed by atoms with E-state index in [0.717, 1.165) is 5.56 Å². The molecule has 8 N–H and O–H groups in total. The largest absolute Gasteiger partial charge is 0.481 e. The molecule has 46 heavy (non-hydrogen) atoms. The van der Waals surface area contributed by atoms with Crippen molar-refractivity contribution in [2.24, 2.45) is 11.7 Å². The lowest BCUT2D eigenvalue weighted by Gasteiger charge is -2.31. The van der Waals surface area contributed by atoms with E-state index in [0.29, 0.717) is 12.0 Å². The number of primary amides is 1. The molecular formula is C33H46N6O7. The van der Waals surface area contributed by atoms with Gasteiger partial charge in [-0.1, -0.05) is 74.5 Å². The Morgan fingerprint density at radius 1 is 0.717 bits per heavy atom. The van der Waals surface area contributed by atoms with Crippen molar-refractivity contribution >= 4 is 35.5 Å². The predicted molar refractivity (Wildman–Crippen MR) is 172 cm³/mol. The second-order valence-corrected chi connectivity index (χ2v) is 12.1. The maximum absolute atomic E-state index is 13.8. The van der Waals surface area contributed by atoms with Gasteiger partial charge in [0.05, 0.1) is 12.5 Å². The zero-order valence-corrected chi connectivity index (χ0v) is 27.0. The number of amides is 5. The lowest BCUT2D eigenvalue weighted by molar-refractivity contribution is -0.140.